The Balaban J connectivity index is 0.000000364. The van der Waals surface area contributed by atoms with E-state index in [4.69, 9.17) is 9.90 Å². The number of carbonyl (C=O) groups is 1. The van der Waals surface area contributed by atoms with Crippen molar-refractivity contribution >= 4 is 5.97 Å². The van der Waals surface area contributed by atoms with E-state index >= 15 is 0 Å². The fraction of sp³-hybridized carbons (Fsp3) is 0.364. The summed E-state index contributed by atoms with van der Waals surface area (Å²) in [6.07, 6.45) is 0. The zero-order valence-corrected chi connectivity index (χ0v) is 8.69. The Bertz CT molecular complexity index is 268. The third kappa shape index (κ3) is 6.20. The zero-order valence-electron chi connectivity index (χ0n) is 8.69. The van der Waals surface area contributed by atoms with Gasteiger partial charge in [-0.15, -0.1) is 0 Å². The molecule has 1 rings (SSSR count). The maximum Gasteiger partial charge on any atom is 0.300 e. The molecule has 2 N–H and O–H groups in total. The van der Waals surface area contributed by atoms with E-state index < -0.39 is 11.6 Å². The number of aliphatic hydroxyl groups is 1. The van der Waals surface area contributed by atoms with Gasteiger partial charge in [0.2, 0.25) is 0 Å². The molecule has 1 aromatic carbocycles. The first-order chi connectivity index (χ1) is 6.34. The highest BCUT2D eigenvalue weighted by Crippen LogP contribution is 2.17. The van der Waals surface area contributed by atoms with Crippen LogP contribution in [-0.2, 0) is 10.4 Å². The van der Waals surface area contributed by atoms with E-state index in [1.165, 1.54) is 0 Å². The minimum Gasteiger partial charge on any atom is -0.481 e. The largest absolute Gasteiger partial charge is 0.481 e. The molecule has 0 unspecified atom stereocenters. The summed E-state index contributed by atoms with van der Waals surface area (Å²) in [5, 5.41) is 16.9. The predicted molar refractivity (Wildman–Crippen MR) is 55.0 cm³/mol. The van der Waals surface area contributed by atoms with E-state index in [9.17, 15) is 5.11 Å². The molecule has 0 aliphatic rings. The van der Waals surface area contributed by atoms with Crippen LogP contribution in [0.25, 0.3) is 0 Å². The van der Waals surface area contributed by atoms with Crippen molar-refractivity contribution in [3.05, 3.63) is 35.9 Å². The molecule has 0 aliphatic heterocycles. The van der Waals surface area contributed by atoms with Crippen LogP contribution >= 0.6 is 0 Å². The van der Waals surface area contributed by atoms with Gasteiger partial charge in [-0.25, -0.2) is 0 Å². The highest BCUT2D eigenvalue weighted by atomic mass is 16.4. The first-order valence-corrected chi connectivity index (χ1v) is 4.31. The summed E-state index contributed by atoms with van der Waals surface area (Å²) in [6, 6.07) is 9.62. The molecule has 14 heavy (non-hydrogen) atoms. The summed E-state index contributed by atoms with van der Waals surface area (Å²) in [4.78, 5) is 9.00. The van der Waals surface area contributed by atoms with Gasteiger partial charge >= 0.3 is 0 Å². The minimum absolute atomic E-state index is 0.707. The summed E-state index contributed by atoms with van der Waals surface area (Å²) in [5.41, 5.74) is 0.247. The molecule has 0 heterocycles. The van der Waals surface area contributed by atoms with Crippen molar-refractivity contribution < 1.29 is 15.0 Å². The molecule has 0 atom stereocenters. The van der Waals surface area contributed by atoms with Crippen LogP contribution in [0, 0.1) is 0 Å². The highest BCUT2D eigenvalue weighted by molar-refractivity contribution is 5.62. The van der Waals surface area contributed by atoms with Gasteiger partial charge in [0.1, 0.15) is 0 Å². The summed E-state index contributed by atoms with van der Waals surface area (Å²) >= 11 is 0. The molecule has 0 radical (unpaired) electrons. The van der Waals surface area contributed by atoms with Crippen LogP contribution in [0.5, 0.6) is 0 Å². The minimum atomic E-state index is -0.833. The van der Waals surface area contributed by atoms with Gasteiger partial charge < -0.3 is 10.2 Å². The van der Waals surface area contributed by atoms with Crippen LogP contribution in [0.1, 0.15) is 26.3 Å². The molecule has 0 aromatic heterocycles. The smallest absolute Gasteiger partial charge is 0.300 e. The fourth-order valence-electron chi connectivity index (χ4n) is 0.846. The number of hydrogen-bond acceptors (Lipinski definition) is 2. The molecule has 0 bridgehead atoms. The number of benzene rings is 1. The van der Waals surface area contributed by atoms with Gasteiger partial charge in [0.15, 0.2) is 0 Å². The summed E-state index contributed by atoms with van der Waals surface area (Å²) in [5.74, 6) is -0.833. The van der Waals surface area contributed by atoms with Crippen molar-refractivity contribution in [2.45, 2.75) is 26.4 Å². The van der Waals surface area contributed by atoms with E-state index in [1.807, 2.05) is 30.3 Å². The lowest BCUT2D eigenvalue weighted by atomic mass is 9.99. The van der Waals surface area contributed by atoms with Crippen LogP contribution in [0.15, 0.2) is 30.3 Å². The van der Waals surface area contributed by atoms with Gasteiger partial charge in [-0.05, 0) is 19.4 Å². The predicted octanol–water partition coefficient (Wildman–Crippen LogP) is 2.00. The number of aliphatic carboxylic acids is 1. The first-order valence-electron chi connectivity index (χ1n) is 4.31. The van der Waals surface area contributed by atoms with Crippen LogP contribution in [-0.4, -0.2) is 16.2 Å². The Morgan fingerprint density at radius 1 is 1.21 bits per heavy atom. The lowest BCUT2D eigenvalue weighted by Gasteiger charge is -2.16. The molecular weight excluding hydrogens is 180 g/mol. The van der Waals surface area contributed by atoms with Gasteiger partial charge in [-0.2, -0.15) is 0 Å². The first kappa shape index (κ1) is 12.7. The Hall–Kier alpha value is -1.35. The van der Waals surface area contributed by atoms with Crippen molar-refractivity contribution in [1.29, 1.82) is 0 Å². The Morgan fingerprint density at radius 2 is 1.57 bits per heavy atom. The van der Waals surface area contributed by atoms with Crippen molar-refractivity contribution in [3.8, 4) is 0 Å². The molecule has 0 saturated heterocycles. The average molecular weight is 196 g/mol. The van der Waals surface area contributed by atoms with Crippen LogP contribution < -0.4 is 0 Å². The van der Waals surface area contributed by atoms with Gasteiger partial charge in [-0.3, -0.25) is 4.79 Å². The normalized spacial score (nSPS) is 10.0. The van der Waals surface area contributed by atoms with Crippen molar-refractivity contribution in [1.82, 2.24) is 0 Å². The van der Waals surface area contributed by atoms with E-state index in [0.29, 0.717) is 0 Å². The average Bonchev–Trinajstić information content (AvgIpc) is 2.03. The number of carboxylic acid groups (broad SMARTS) is 1. The second-order valence-corrected chi connectivity index (χ2v) is 3.44. The molecule has 0 fully saturated rings. The van der Waals surface area contributed by atoms with Gasteiger partial charge in [0.05, 0.1) is 5.60 Å². The van der Waals surface area contributed by atoms with Gasteiger partial charge in [0, 0.05) is 6.92 Å². The Kier molecular flexibility index (Phi) is 4.87. The maximum atomic E-state index is 9.49. The molecule has 0 amide bonds. The molecule has 3 heteroatoms. The van der Waals surface area contributed by atoms with Crippen LogP contribution in [0.4, 0.5) is 0 Å². The topological polar surface area (TPSA) is 57.5 Å². The van der Waals surface area contributed by atoms with Crippen molar-refractivity contribution in [2.24, 2.45) is 0 Å². The second kappa shape index (κ2) is 5.40. The van der Waals surface area contributed by atoms with E-state index in [0.717, 1.165) is 12.5 Å². The monoisotopic (exact) mass is 196 g/mol. The lowest BCUT2D eigenvalue weighted by Crippen LogP contribution is -2.14. The molecule has 0 spiro atoms. The second-order valence-electron chi connectivity index (χ2n) is 3.44. The Morgan fingerprint density at radius 3 is 1.79 bits per heavy atom. The molecule has 1 aromatic rings. The molecule has 3 nitrogen and oxygen atoms in total. The fourth-order valence-corrected chi connectivity index (χ4v) is 0.846. The van der Waals surface area contributed by atoms with Crippen LogP contribution in [0.3, 0.4) is 0 Å². The number of hydrogen-bond donors (Lipinski definition) is 2. The molecular formula is C11H16O3. The third-order valence-electron chi connectivity index (χ3n) is 1.48. The zero-order chi connectivity index (χ0) is 11.2. The molecule has 0 saturated carbocycles. The van der Waals surface area contributed by atoms with Gasteiger partial charge in [-0.1, -0.05) is 30.3 Å². The highest BCUT2D eigenvalue weighted by Gasteiger charge is 2.13. The Labute approximate surface area is 84.0 Å². The van der Waals surface area contributed by atoms with E-state index in [-0.39, 0.29) is 0 Å². The standard InChI is InChI=1S/C9H12O.C2H4O2/c1-9(2,10)8-6-4-3-5-7-8;1-2(3)4/h3-7,10H,1-2H3;1H3,(H,3,4). The SMILES string of the molecule is CC(=O)O.CC(C)(O)c1ccccc1. The molecule has 78 valence electrons. The summed E-state index contributed by atoms with van der Waals surface area (Å²) < 4.78 is 0. The van der Waals surface area contributed by atoms with Crippen molar-refractivity contribution in [3.63, 3.8) is 0 Å². The maximum absolute atomic E-state index is 9.49. The summed E-state index contributed by atoms with van der Waals surface area (Å²) in [6.45, 7) is 4.64. The lowest BCUT2D eigenvalue weighted by molar-refractivity contribution is -0.134. The third-order valence-corrected chi connectivity index (χ3v) is 1.48. The van der Waals surface area contributed by atoms with E-state index in [2.05, 4.69) is 0 Å². The van der Waals surface area contributed by atoms with Gasteiger partial charge in [0.25, 0.3) is 5.97 Å². The molecule has 0 aliphatic carbocycles. The van der Waals surface area contributed by atoms with Crippen molar-refractivity contribution in [2.75, 3.05) is 0 Å². The number of rotatable bonds is 1. The number of carboxylic acids is 1. The summed E-state index contributed by atoms with van der Waals surface area (Å²) in [7, 11) is 0. The van der Waals surface area contributed by atoms with E-state index in [1.54, 1.807) is 13.8 Å². The quantitative estimate of drug-likeness (QED) is 0.722. The van der Waals surface area contributed by atoms with Crippen LogP contribution in [0.2, 0.25) is 0 Å².